The van der Waals surface area contributed by atoms with Gasteiger partial charge in [0.25, 0.3) is 0 Å². The number of likely N-dealkylation sites (N-methyl/N-ethyl adjacent to an activating group) is 1. The maximum atomic E-state index is 10.9. The molecule has 0 unspecified atom stereocenters. The predicted octanol–water partition coefficient (Wildman–Crippen LogP) is -2.17. The van der Waals surface area contributed by atoms with Gasteiger partial charge in [-0.1, -0.05) is 0 Å². The van der Waals surface area contributed by atoms with Gasteiger partial charge in [0.05, 0.1) is 6.33 Å². The number of nitrogens with zero attached hydrogens (tertiary/aromatic N) is 5. The maximum absolute atomic E-state index is 10.9. The second-order valence-corrected chi connectivity index (χ2v) is 6.11. The van der Waals surface area contributed by atoms with Gasteiger partial charge >= 0.3 is 0 Å². The van der Waals surface area contributed by atoms with E-state index in [1.807, 2.05) is 0 Å². The smallest absolute Gasteiger partial charge is 0.218 e. The highest BCUT2D eigenvalue weighted by Crippen LogP contribution is 2.32. The molecule has 136 valence electrons. The number of amides is 1. The van der Waals surface area contributed by atoms with Crippen molar-refractivity contribution in [3.63, 3.8) is 0 Å². The summed E-state index contributed by atoms with van der Waals surface area (Å²) in [5, 5.41) is 20.7. The van der Waals surface area contributed by atoms with E-state index in [0.717, 1.165) is 0 Å². The Labute approximate surface area is 143 Å². The fourth-order valence-electron chi connectivity index (χ4n) is 2.87. The van der Waals surface area contributed by atoms with E-state index in [1.165, 1.54) is 17.2 Å². The van der Waals surface area contributed by atoms with Crippen LogP contribution in [-0.4, -0.2) is 79.0 Å². The topological polar surface area (TPSA) is 166 Å². The minimum absolute atomic E-state index is 0.202. The number of hydrogen-bond acceptors (Lipinski definition) is 9. The van der Waals surface area contributed by atoms with Crippen molar-refractivity contribution in [2.75, 3.05) is 25.9 Å². The summed E-state index contributed by atoms with van der Waals surface area (Å²) >= 11 is 0. The van der Waals surface area contributed by atoms with Crippen LogP contribution in [0.1, 0.15) is 12.6 Å². The molecule has 1 amide bonds. The molecule has 11 heteroatoms. The number of aliphatic hydroxyl groups excluding tert-OH is 2. The molecular formula is C14H21N7O4. The standard InChI is InChI=1S/C14H21N7O4/c1-20(3-2-8(15)22)4-7-10(23)11(24)14(25-7)21-6-19-9-12(16)17-5-18-13(9)21/h5-7,10-11,14,23-24H,2-4H2,1H3,(H2,15,22)(H2,16,17,18)/t7-,10-,11-,14-/m1/s1. The molecule has 0 radical (unpaired) electrons. The Kier molecular flexibility index (Phi) is 4.81. The van der Waals surface area contributed by atoms with Gasteiger partial charge in [0.15, 0.2) is 17.7 Å². The first-order valence-corrected chi connectivity index (χ1v) is 7.80. The molecule has 1 saturated heterocycles. The number of anilines is 1. The highest BCUT2D eigenvalue weighted by atomic mass is 16.6. The van der Waals surface area contributed by atoms with E-state index in [4.69, 9.17) is 16.2 Å². The van der Waals surface area contributed by atoms with Crippen LogP contribution in [0.4, 0.5) is 5.82 Å². The molecule has 11 nitrogen and oxygen atoms in total. The molecule has 2 aromatic rings. The number of nitrogens with two attached hydrogens (primary N) is 2. The van der Waals surface area contributed by atoms with Gasteiger partial charge in [-0.25, -0.2) is 15.0 Å². The van der Waals surface area contributed by atoms with Gasteiger partial charge in [0.2, 0.25) is 5.91 Å². The molecule has 4 atom stereocenters. The Morgan fingerprint density at radius 1 is 1.36 bits per heavy atom. The second-order valence-electron chi connectivity index (χ2n) is 6.11. The zero-order valence-corrected chi connectivity index (χ0v) is 13.7. The third-order valence-electron chi connectivity index (χ3n) is 4.23. The van der Waals surface area contributed by atoms with E-state index in [9.17, 15) is 15.0 Å². The van der Waals surface area contributed by atoms with E-state index in [2.05, 4.69) is 15.0 Å². The van der Waals surface area contributed by atoms with Crippen LogP contribution in [0.15, 0.2) is 12.7 Å². The van der Waals surface area contributed by atoms with Crippen molar-refractivity contribution in [2.45, 2.75) is 31.0 Å². The number of hydrogen-bond donors (Lipinski definition) is 4. The van der Waals surface area contributed by atoms with Crippen LogP contribution in [0, 0.1) is 0 Å². The van der Waals surface area contributed by atoms with Crippen LogP contribution < -0.4 is 11.5 Å². The molecule has 0 bridgehead atoms. The molecule has 6 N–H and O–H groups in total. The van der Waals surface area contributed by atoms with Gasteiger partial charge in [-0.2, -0.15) is 0 Å². The fraction of sp³-hybridized carbons (Fsp3) is 0.571. The van der Waals surface area contributed by atoms with E-state index in [-0.39, 0.29) is 12.2 Å². The average Bonchev–Trinajstić information content (AvgIpc) is 3.10. The summed E-state index contributed by atoms with van der Waals surface area (Å²) in [6, 6.07) is 0. The van der Waals surface area contributed by atoms with E-state index in [0.29, 0.717) is 24.3 Å². The van der Waals surface area contributed by atoms with Crippen molar-refractivity contribution in [2.24, 2.45) is 5.73 Å². The Bertz CT molecular complexity index is 767. The van der Waals surface area contributed by atoms with Crippen molar-refractivity contribution in [3.05, 3.63) is 12.7 Å². The molecule has 0 aromatic carbocycles. The van der Waals surface area contributed by atoms with Gasteiger partial charge in [-0.15, -0.1) is 0 Å². The summed E-state index contributed by atoms with van der Waals surface area (Å²) < 4.78 is 7.34. The molecule has 0 aliphatic carbocycles. The van der Waals surface area contributed by atoms with Crippen molar-refractivity contribution in [3.8, 4) is 0 Å². The molecule has 3 rings (SSSR count). The van der Waals surface area contributed by atoms with Gasteiger partial charge in [-0.3, -0.25) is 9.36 Å². The van der Waals surface area contributed by atoms with Gasteiger partial charge in [-0.05, 0) is 7.05 Å². The molecule has 25 heavy (non-hydrogen) atoms. The summed E-state index contributed by atoms with van der Waals surface area (Å²) in [7, 11) is 1.78. The first-order valence-electron chi connectivity index (χ1n) is 7.80. The lowest BCUT2D eigenvalue weighted by atomic mass is 10.1. The normalized spacial score (nSPS) is 26.6. The largest absolute Gasteiger partial charge is 0.387 e. The molecule has 0 saturated carbocycles. The monoisotopic (exact) mass is 351 g/mol. The second kappa shape index (κ2) is 6.88. The average molecular weight is 351 g/mol. The van der Waals surface area contributed by atoms with Crippen molar-refractivity contribution >= 4 is 22.9 Å². The minimum Gasteiger partial charge on any atom is -0.387 e. The number of aliphatic hydroxyl groups is 2. The van der Waals surface area contributed by atoms with Gasteiger partial charge < -0.3 is 31.3 Å². The highest BCUT2D eigenvalue weighted by molar-refractivity contribution is 5.81. The quantitative estimate of drug-likeness (QED) is 0.453. The number of primary amides is 1. The molecule has 3 heterocycles. The lowest BCUT2D eigenvalue weighted by molar-refractivity contribution is -0.118. The summed E-state index contributed by atoms with van der Waals surface area (Å²) in [5.41, 5.74) is 11.7. The van der Waals surface area contributed by atoms with Crippen molar-refractivity contribution in [1.82, 2.24) is 24.4 Å². The number of nitrogen functional groups attached to an aromatic ring is 1. The van der Waals surface area contributed by atoms with Gasteiger partial charge in [0.1, 0.15) is 30.2 Å². The molecular weight excluding hydrogens is 330 g/mol. The number of imidazole rings is 1. The summed E-state index contributed by atoms with van der Waals surface area (Å²) in [4.78, 5) is 24.8. The number of ether oxygens (including phenoxy) is 1. The van der Waals surface area contributed by atoms with Crippen LogP contribution in [0.25, 0.3) is 11.2 Å². The summed E-state index contributed by atoms with van der Waals surface area (Å²) in [6.45, 7) is 0.756. The van der Waals surface area contributed by atoms with E-state index >= 15 is 0 Å². The highest BCUT2D eigenvalue weighted by Gasteiger charge is 2.44. The Hall–Kier alpha value is -2.34. The minimum atomic E-state index is -1.16. The maximum Gasteiger partial charge on any atom is 0.218 e. The molecule has 1 aliphatic heterocycles. The lowest BCUT2D eigenvalue weighted by Crippen LogP contribution is -2.39. The molecule has 1 aliphatic rings. The van der Waals surface area contributed by atoms with Crippen molar-refractivity contribution in [1.29, 1.82) is 0 Å². The van der Waals surface area contributed by atoms with Crippen LogP contribution in [0.3, 0.4) is 0 Å². The summed E-state index contributed by atoms with van der Waals surface area (Å²) in [5.74, 6) is -0.181. The Morgan fingerprint density at radius 2 is 2.12 bits per heavy atom. The Morgan fingerprint density at radius 3 is 2.84 bits per heavy atom. The number of carbonyl (C=O) groups is 1. The fourth-order valence-corrected chi connectivity index (χ4v) is 2.87. The van der Waals surface area contributed by atoms with Crippen LogP contribution in [0.5, 0.6) is 0 Å². The number of carbonyl (C=O) groups excluding carboxylic acids is 1. The zero-order chi connectivity index (χ0) is 18.1. The molecule has 0 spiro atoms. The first kappa shape index (κ1) is 17.5. The van der Waals surface area contributed by atoms with Gasteiger partial charge in [0, 0.05) is 19.5 Å². The van der Waals surface area contributed by atoms with Crippen LogP contribution in [-0.2, 0) is 9.53 Å². The van der Waals surface area contributed by atoms with Crippen molar-refractivity contribution < 1.29 is 19.7 Å². The number of fused-ring (bicyclic) bond motifs is 1. The lowest BCUT2D eigenvalue weighted by Gasteiger charge is -2.22. The summed E-state index contributed by atoms with van der Waals surface area (Å²) in [6.07, 6.45) is -0.828. The third-order valence-corrected chi connectivity index (χ3v) is 4.23. The number of rotatable bonds is 6. The SMILES string of the molecule is CN(CCC(N)=O)C[C@H]1O[C@@H](n2cnc3c(N)ncnc32)[C@H](O)[C@@H]1O. The molecule has 2 aromatic heterocycles. The van der Waals surface area contributed by atoms with E-state index < -0.39 is 30.4 Å². The first-order chi connectivity index (χ1) is 11.9. The van der Waals surface area contributed by atoms with E-state index in [1.54, 1.807) is 11.9 Å². The third kappa shape index (κ3) is 3.39. The predicted molar refractivity (Wildman–Crippen MR) is 87.0 cm³/mol. The molecule has 1 fully saturated rings. The van der Waals surface area contributed by atoms with Crippen LogP contribution >= 0.6 is 0 Å². The zero-order valence-electron chi connectivity index (χ0n) is 13.7. The number of aromatic nitrogens is 4. The Balaban J connectivity index is 1.75. The van der Waals surface area contributed by atoms with Crippen LogP contribution in [0.2, 0.25) is 0 Å².